The molecule has 6 heteroatoms. The standard InChI is InChI=1S/C13H18N4O2/c1-3-10(13(18)19-2)14-8-7-12-16-15-11-6-4-5-9-17(11)12/h4-6,9-10,14H,3,7-8H2,1-2H3. The first-order valence-electron chi connectivity index (χ1n) is 6.36. The summed E-state index contributed by atoms with van der Waals surface area (Å²) in [4.78, 5) is 11.4. The van der Waals surface area contributed by atoms with Gasteiger partial charge in [-0.05, 0) is 18.6 Å². The second-order valence-electron chi connectivity index (χ2n) is 4.23. The minimum atomic E-state index is -0.260. The average Bonchev–Trinajstić information content (AvgIpc) is 2.86. The molecule has 2 aromatic heterocycles. The Bertz CT molecular complexity index is 552. The van der Waals surface area contributed by atoms with E-state index in [9.17, 15) is 4.79 Å². The minimum Gasteiger partial charge on any atom is -0.468 e. The number of carbonyl (C=O) groups excluding carboxylic acids is 1. The number of fused-ring (bicyclic) bond motifs is 1. The van der Waals surface area contributed by atoms with Gasteiger partial charge in [0.1, 0.15) is 11.9 Å². The Morgan fingerprint density at radius 1 is 1.47 bits per heavy atom. The van der Waals surface area contributed by atoms with Gasteiger partial charge in [-0.3, -0.25) is 9.20 Å². The number of nitrogens with one attached hydrogen (secondary N) is 1. The molecule has 0 saturated carbocycles. The zero-order valence-electron chi connectivity index (χ0n) is 11.2. The molecule has 0 bridgehead atoms. The normalized spacial score (nSPS) is 12.5. The summed E-state index contributed by atoms with van der Waals surface area (Å²) in [6.07, 6.45) is 3.34. The second-order valence-corrected chi connectivity index (χ2v) is 4.23. The number of carbonyl (C=O) groups is 1. The third kappa shape index (κ3) is 3.08. The van der Waals surface area contributed by atoms with Crippen LogP contribution in [0, 0.1) is 0 Å². The number of rotatable bonds is 6. The van der Waals surface area contributed by atoms with Gasteiger partial charge in [0.05, 0.1) is 7.11 Å². The van der Waals surface area contributed by atoms with Crippen LogP contribution in [0.5, 0.6) is 0 Å². The molecule has 19 heavy (non-hydrogen) atoms. The molecule has 1 unspecified atom stereocenters. The van der Waals surface area contributed by atoms with Crippen LogP contribution in [0.1, 0.15) is 19.2 Å². The van der Waals surface area contributed by atoms with Gasteiger partial charge in [-0.1, -0.05) is 13.0 Å². The van der Waals surface area contributed by atoms with E-state index in [0.717, 1.165) is 11.5 Å². The highest BCUT2D eigenvalue weighted by atomic mass is 16.5. The van der Waals surface area contributed by atoms with E-state index < -0.39 is 0 Å². The Kier molecular flexibility index (Phi) is 4.46. The molecule has 0 saturated heterocycles. The van der Waals surface area contributed by atoms with Crippen LogP contribution in [-0.2, 0) is 16.0 Å². The van der Waals surface area contributed by atoms with Crippen molar-refractivity contribution in [2.24, 2.45) is 0 Å². The maximum absolute atomic E-state index is 11.4. The summed E-state index contributed by atoms with van der Waals surface area (Å²) in [5, 5.41) is 11.4. The van der Waals surface area contributed by atoms with E-state index in [1.54, 1.807) is 0 Å². The Labute approximate surface area is 111 Å². The van der Waals surface area contributed by atoms with Crippen molar-refractivity contribution in [2.75, 3.05) is 13.7 Å². The molecule has 0 aliphatic heterocycles. The fourth-order valence-corrected chi connectivity index (χ4v) is 1.96. The molecule has 0 aliphatic carbocycles. The molecule has 0 aliphatic rings. The lowest BCUT2D eigenvalue weighted by Gasteiger charge is -2.13. The van der Waals surface area contributed by atoms with Crippen LogP contribution in [0.25, 0.3) is 5.65 Å². The van der Waals surface area contributed by atoms with E-state index >= 15 is 0 Å². The second kappa shape index (κ2) is 6.29. The summed E-state index contributed by atoms with van der Waals surface area (Å²) in [6.45, 7) is 2.60. The van der Waals surface area contributed by atoms with Crippen LogP contribution in [0.4, 0.5) is 0 Å². The highest BCUT2D eigenvalue weighted by Crippen LogP contribution is 2.03. The van der Waals surface area contributed by atoms with Crippen molar-refractivity contribution >= 4 is 11.6 Å². The van der Waals surface area contributed by atoms with Crippen molar-refractivity contribution in [3.05, 3.63) is 30.2 Å². The molecule has 0 amide bonds. The molecule has 2 aromatic rings. The zero-order chi connectivity index (χ0) is 13.7. The summed E-state index contributed by atoms with van der Waals surface area (Å²) >= 11 is 0. The molecule has 0 radical (unpaired) electrons. The number of hydrogen-bond donors (Lipinski definition) is 1. The molecule has 6 nitrogen and oxygen atoms in total. The summed E-state index contributed by atoms with van der Waals surface area (Å²) in [7, 11) is 1.40. The molecule has 0 spiro atoms. The number of aromatic nitrogens is 3. The Hall–Kier alpha value is -1.95. The summed E-state index contributed by atoms with van der Waals surface area (Å²) in [5.41, 5.74) is 0.831. The number of esters is 1. The van der Waals surface area contributed by atoms with Crippen molar-refractivity contribution in [1.82, 2.24) is 19.9 Å². The lowest BCUT2D eigenvalue weighted by atomic mass is 10.2. The highest BCUT2D eigenvalue weighted by Gasteiger charge is 2.15. The zero-order valence-corrected chi connectivity index (χ0v) is 11.2. The lowest BCUT2D eigenvalue weighted by Crippen LogP contribution is -2.38. The van der Waals surface area contributed by atoms with E-state index in [1.165, 1.54) is 7.11 Å². The number of pyridine rings is 1. The Morgan fingerprint density at radius 2 is 2.32 bits per heavy atom. The fraction of sp³-hybridized carbons (Fsp3) is 0.462. The molecule has 1 N–H and O–H groups in total. The first-order valence-corrected chi connectivity index (χ1v) is 6.36. The maximum Gasteiger partial charge on any atom is 0.322 e. The van der Waals surface area contributed by atoms with Crippen LogP contribution in [0.2, 0.25) is 0 Å². The fourth-order valence-electron chi connectivity index (χ4n) is 1.96. The maximum atomic E-state index is 11.4. The molecule has 2 heterocycles. The average molecular weight is 262 g/mol. The van der Waals surface area contributed by atoms with E-state index in [-0.39, 0.29) is 12.0 Å². The molecule has 102 valence electrons. The van der Waals surface area contributed by atoms with Gasteiger partial charge in [0.15, 0.2) is 5.65 Å². The monoisotopic (exact) mass is 262 g/mol. The minimum absolute atomic E-state index is 0.228. The number of nitrogens with zero attached hydrogens (tertiary/aromatic N) is 3. The lowest BCUT2D eigenvalue weighted by molar-refractivity contribution is -0.143. The third-order valence-electron chi connectivity index (χ3n) is 3.02. The van der Waals surface area contributed by atoms with Gasteiger partial charge < -0.3 is 10.1 Å². The van der Waals surface area contributed by atoms with Gasteiger partial charge >= 0.3 is 5.97 Å². The first-order chi connectivity index (χ1) is 9.26. The Balaban J connectivity index is 1.94. The molecule has 1 atom stereocenters. The Morgan fingerprint density at radius 3 is 3.05 bits per heavy atom. The van der Waals surface area contributed by atoms with Gasteiger partial charge in [0.2, 0.25) is 0 Å². The highest BCUT2D eigenvalue weighted by molar-refractivity contribution is 5.75. The van der Waals surface area contributed by atoms with Crippen LogP contribution < -0.4 is 5.32 Å². The van der Waals surface area contributed by atoms with Crippen LogP contribution >= 0.6 is 0 Å². The molecule has 2 rings (SSSR count). The molecular formula is C13H18N4O2. The largest absolute Gasteiger partial charge is 0.468 e. The summed E-state index contributed by atoms with van der Waals surface area (Å²) in [5.74, 6) is 0.649. The van der Waals surface area contributed by atoms with Crippen molar-refractivity contribution in [3.63, 3.8) is 0 Å². The predicted molar refractivity (Wildman–Crippen MR) is 70.8 cm³/mol. The van der Waals surface area contributed by atoms with Gasteiger partial charge in [0, 0.05) is 19.2 Å². The number of methoxy groups -OCH3 is 1. The number of hydrogen-bond acceptors (Lipinski definition) is 5. The number of ether oxygens (including phenoxy) is 1. The van der Waals surface area contributed by atoms with Gasteiger partial charge in [-0.2, -0.15) is 0 Å². The van der Waals surface area contributed by atoms with Crippen molar-refractivity contribution in [3.8, 4) is 0 Å². The van der Waals surface area contributed by atoms with E-state index in [2.05, 4.69) is 15.5 Å². The first kappa shape index (κ1) is 13.5. The van der Waals surface area contributed by atoms with Crippen LogP contribution in [0.15, 0.2) is 24.4 Å². The van der Waals surface area contributed by atoms with Gasteiger partial charge in [-0.15, -0.1) is 10.2 Å². The predicted octanol–water partition coefficient (Wildman–Crippen LogP) is 0.813. The van der Waals surface area contributed by atoms with Crippen LogP contribution in [-0.4, -0.2) is 40.3 Å². The topological polar surface area (TPSA) is 68.5 Å². The quantitative estimate of drug-likeness (QED) is 0.780. The molecule has 0 aromatic carbocycles. The smallest absolute Gasteiger partial charge is 0.322 e. The van der Waals surface area contributed by atoms with Crippen molar-refractivity contribution in [2.45, 2.75) is 25.8 Å². The molecular weight excluding hydrogens is 244 g/mol. The van der Waals surface area contributed by atoms with Crippen molar-refractivity contribution < 1.29 is 9.53 Å². The van der Waals surface area contributed by atoms with E-state index in [1.807, 2.05) is 35.7 Å². The van der Waals surface area contributed by atoms with Crippen LogP contribution in [0.3, 0.4) is 0 Å². The SMILES string of the molecule is CCC(NCCc1nnc2ccccn12)C(=O)OC. The van der Waals surface area contributed by atoms with Gasteiger partial charge in [0.25, 0.3) is 0 Å². The van der Waals surface area contributed by atoms with E-state index in [0.29, 0.717) is 19.4 Å². The van der Waals surface area contributed by atoms with Gasteiger partial charge in [-0.25, -0.2) is 0 Å². The molecule has 0 fully saturated rings. The summed E-state index contributed by atoms with van der Waals surface area (Å²) < 4.78 is 6.67. The third-order valence-corrected chi connectivity index (χ3v) is 3.02. The van der Waals surface area contributed by atoms with Crippen molar-refractivity contribution in [1.29, 1.82) is 0 Å². The summed E-state index contributed by atoms with van der Waals surface area (Å²) in [6, 6.07) is 5.52. The van der Waals surface area contributed by atoms with E-state index in [4.69, 9.17) is 4.74 Å².